The van der Waals surface area contributed by atoms with Crippen LogP contribution in [0.25, 0.3) is 0 Å². The molecule has 0 aliphatic heterocycles. The molecule has 1 amide bonds. The fourth-order valence-corrected chi connectivity index (χ4v) is 4.17. The van der Waals surface area contributed by atoms with Crippen LogP contribution in [0.2, 0.25) is 0 Å². The molecule has 0 spiro atoms. The van der Waals surface area contributed by atoms with Gasteiger partial charge in [-0.05, 0) is 62.2 Å². The molecule has 2 rings (SSSR count). The Labute approximate surface area is 175 Å². The molecule has 2 aromatic carbocycles. The van der Waals surface area contributed by atoms with Gasteiger partial charge in [-0.15, -0.1) is 0 Å². The Morgan fingerprint density at radius 1 is 1.21 bits per heavy atom. The maximum atomic E-state index is 12.8. The first-order valence-electron chi connectivity index (χ1n) is 8.89. The van der Waals surface area contributed by atoms with Gasteiger partial charge >= 0.3 is 0 Å². The van der Waals surface area contributed by atoms with Crippen LogP contribution < -0.4 is 10.1 Å². The molecule has 1 N–H and O–H groups in total. The molecule has 0 saturated heterocycles. The second-order valence-corrected chi connectivity index (χ2v) is 9.42. The first kappa shape index (κ1) is 22.4. The van der Waals surface area contributed by atoms with E-state index in [1.165, 1.54) is 13.1 Å². The summed E-state index contributed by atoms with van der Waals surface area (Å²) in [6.07, 6.45) is 0. The van der Waals surface area contributed by atoms with Gasteiger partial charge in [-0.2, -0.15) is 4.31 Å². The molecule has 0 fully saturated rings. The van der Waals surface area contributed by atoms with Gasteiger partial charge in [0.15, 0.2) is 0 Å². The van der Waals surface area contributed by atoms with Crippen molar-refractivity contribution in [2.45, 2.75) is 31.7 Å². The number of hydrogen-bond donors (Lipinski definition) is 1. The number of nitrogens with zero attached hydrogens (tertiary/aromatic N) is 1. The van der Waals surface area contributed by atoms with E-state index in [0.717, 1.165) is 19.9 Å². The zero-order chi connectivity index (χ0) is 20.9. The predicted molar refractivity (Wildman–Crippen MR) is 113 cm³/mol. The van der Waals surface area contributed by atoms with Gasteiger partial charge in [0.2, 0.25) is 15.9 Å². The van der Waals surface area contributed by atoms with Gasteiger partial charge in [-0.3, -0.25) is 4.79 Å². The summed E-state index contributed by atoms with van der Waals surface area (Å²) in [7, 11) is -2.39. The minimum absolute atomic E-state index is 0.129. The monoisotopic (exact) mass is 468 g/mol. The number of amides is 1. The van der Waals surface area contributed by atoms with Gasteiger partial charge in [-0.1, -0.05) is 28.1 Å². The van der Waals surface area contributed by atoms with Crippen LogP contribution in [0.15, 0.2) is 51.8 Å². The smallest absolute Gasteiger partial charge is 0.243 e. The Balaban J connectivity index is 2.05. The third-order valence-corrected chi connectivity index (χ3v) is 6.60. The van der Waals surface area contributed by atoms with Crippen LogP contribution in [0.4, 0.5) is 0 Å². The van der Waals surface area contributed by atoms with Crippen LogP contribution in [0.5, 0.6) is 5.75 Å². The number of benzene rings is 2. The van der Waals surface area contributed by atoms with Crippen molar-refractivity contribution in [3.63, 3.8) is 0 Å². The molecule has 28 heavy (non-hydrogen) atoms. The van der Waals surface area contributed by atoms with Crippen molar-refractivity contribution < 1.29 is 17.9 Å². The lowest BCUT2D eigenvalue weighted by molar-refractivity contribution is -0.121. The highest BCUT2D eigenvalue weighted by molar-refractivity contribution is 9.10. The number of rotatable bonds is 8. The topological polar surface area (TPSA) is 75.7 Å². The van der Waals surface area contributed by atoms with E-state index >= 15 is 0 Å². The molecule has 0 aromatic heterocycles. The summed E-state index contributed by atoms with van der Waals surface area (Å²) < 4.78 is 33.0. The number of carbonyl (C=O) groups excluding carboxylic acids is 1. The Hall–Kier alpha value is -1.90. The van der Waals surface area contributed by atoms with E-state index < -0.39 is 10.0 Å². The van der Waals surface area contributed by atoms with Gasteiger partial charge in [0.05, 0.1) is 24.1 Å². The van der Waals surface area contributed by atoms with Crippen molar-refractivity contribution in [1.29, 1.82) is 0 Å². The average Bonchev–Trinajstić information content (AvgIpc) is 2.63. The summed E-state index contributed by atoms with van der Waals surface area (Å²) in [6.45, 7) is 5.74. The normalized spacial score (nSPS) is 12.6. The third-order valence-electron chi connectivity index (χ3n) is 4.27. The van der Waals surface area contributed by atoms with Crippen molar-refractivity contribution in [3.8, 4) is 5.75 Å². The highest BCUT2D eigenvalue weighted by atomic mass is 79.9. The van der Waals surface area contributed by atoms with E-state index in [1.807, 2.05) is 38.1 Å². The molecule has 0 aliphatic rings. The van der Waals surface area contributed by atoms with E-state index in [-0.39, 0.29) is 23.4 Å². The van der Waals surface area contributed by atoms with Gasteiger partial charge in [-0.25, -0.2) is 8.42 Å². The van der Waals surface area contributed by atoms with Crippen LogP contribution in [-0.2, 0) is 14.8 Å². The Morgan fingerprint density at radius 2 is 1.86 bits per heavy atom. The molecule has 0 aliphatic carbocycles. The van der Waals surface area contributed by atoms with Crippen LogP contribution in [0.1, 0.15) is 31.0 Å². The maximum absolute atomic E-state index is 12.8. The number of likely N-dealkylation sites (N-methyl/N-ethyl adjacent to an activating group) is 1. The highest BCUT2D eigenvalue weighted by Gasteiger charge is 2.24. The molecule has 0 radical (unpaired) electrons. The molecule has 6 nitrogen and oxygen atoms in total. The number of sulfonamides is 1. The second kappa shape index (κ2) is 9.54. The molecular weight excluding hydrogens is 444 g/mol. The molecule has 0 unspecified atom stereocenters. The SMILES string of the molecule is CCOc1ccc(S(=O)(=O)N(C)CC(=O)N[C@@H](C)c2ccc(Br)cc2)cc1C. The maximum Gasteiger partial charge on any atom is 0.243 e. The lowest BCUT2D eigenvalue weighted by atomic mass is 10.1. The van der Waals surface area contributed by atoms with Gasteiger partial charge in [0, 0.05) is 11.5 Å². The highest BCUT2D eigenvalue weighted by Crippen LogP contribution is 2.23. The summed E-state index contributed by atoms with van der Waals surface area (Å²) >= 11 is 3.37. The molecule has 2 aromatic rings. The lowest BCUT2D eigenvalue weighted by Crippen LogP contribution is -2.39. The molecule has 0 heterocycles. The number of ether oxygens (including phenoxy) is 1. The third kappa shape index (κ3) is 5.56. The summed E-state index contributed by atoms with van der Waals surface area (Å²) in [5.41, 5.74) is 1.66. The van der Waals surface area contributed by atoms with E-state index in [0.29, 0.717) is 12.4 Å². The van der Waals surface area contributed by atoms with Crippen molar-refractivity contribution in [2.24, 2.45) is 0 Å². The van der Waals surface area contributed by atoms with Crippen molar-refractivity contribution in [1.82, 2.24) is 9.62 Å². The fourth-order valence-electron chi connectivity index (χ4n) is 2.69. The first-order valence-corrected chi connectivity index (χ1v) is 11.1. The molecule has 8 heteroatoms. The number of halogens is 1. The minimum Gasteiger partial charge on any atom is -0.494 e. The van der Waals surface area contributed by atoms with Crippen molar-refractivity contribution in [2.75, 3.05) is 20.2 Å². The summed E-state index contributed by atoms with van der Waals surface area (Å²) in [4.78, 5) is 12.5. The van der Waals surface area contributed by atoms with Crippen LogP contribution >= 0.6 is 15.9 Å². The van der Waals surface area contributed by atoms with Crippen molar-refractivity contribution >= 4 is 31.9 Å². The van der Waals surface area contributed by atoms with Crippen LogP contribution in [0.3, 0.4) is 0 Å². The number of nitrogens with one attached hydrogen (secondary N) is 1. The quantitative estimate of drug-likeness (QED) is 0.641. The lowest BCUT2D eigenvalue weighted by Gasteiger charge is -2.20. The number of aryl methyl sites for hydroxylation is 1. The van der Waals surface area contributed by atoms with E-state index in [4.69, 9.17) is 4.74 Å². The van der Waals surface area contributed by atoms with E-state index in [1.54, 1.807) is 19.1 Å². The number of hydrogen-bond acceptors (Lipinski definition) is 4. The predicted octanol–water partition coefficient (Wildman–Crippen LogP) is 3.65. The van der Waals surface area contributed by atoms with Gasteiger partial charge in [0.25, 0.3) is 0 Å². The van der Waals surface area contributed by atoms with Crippen LogP contribution in [-0.4, -0.2) is 38.8 Å². The van der Waals surface area contributed by atoms with E-state index in [9.17, 15) is 13.2 Å². The zero-order valence-electron chi connectivity index (χ0n) is 16.4. The zero-order valence-corrected chi connectivity index (χ0v) is 18.8. The summed E-state index contributed by atoms with van der Waals surface area (Å²) in [6, 6.07) is 12.0. The second-order valence-electron chi connectivity index (χ2n) is 6.46. The minimum atomic E-state index is -3.78. The van der Waals surface area contributed by atoms with Gasteiger partial charge in [0.1, 0.15) is 5.75 Å². The molecular formula is C20H25BrN2O4S. The molecule has 0 saturated carbocycles. The standard InChI is InChI=1S/C20H25BrN2O4S/c1-5-27-19-11-10-18(12-14(19)2)28(25,26)23(4)13-20(24)22-15(3)16-6-8-17(21)9-7-16/h6-12,15H,5,13H2,1-4H3,(H,22,24)/t15-/m0/s1. The van der Waals surface area contributed by atoms with Gasteiger partial charge < -0.3 is 10.1 Å². The van der Waals surface area contributed by atoms with Crippen LogP contribution in [0, 0.1) is 6.92 Å². The average molecular weight is 469 g/mol. The molecule has 0 bridgehead atoms. The Bertz CT molecular complexity index is 930. The summed E-state index contributed by atoms with van der Waals surface area (Å²) in [5, 5.41) is 2.83. The Morgan fingerprint density at radius 3 is 2.43 bits per heavy atom. The van der Waals surface area contributed by atoms with Crippen molar-refractivity contribution in [3.05, 3.63) is 58.1 Å². The largest absolute Gasteiger partial charge is 0.494 e. The molecule has 1 atom stereocenters. The number of carbonyl (C=O) groups is 1. The Kier molecular flexibility index (Phi) is 7.63. The fraction of sp³-hybridized carbons (Fsp3) is 0.350. The molecule has 152 valence electrons. The van der Waals surface area contributed by atoms with E-state index in [2.05, 4.69) is 21.2 Å². The first-order chi connectivity index (χ1) is 13.1. The summed E-state index contributed by atoms with van der Waals surface area (Å²) in [5.74, 6) is 0.273.